The van der Waals surface area contributed by atoms with Gasteiger partial charge < -0.3 is 9.90 Å². The van der Waals surface area contributed by atoms with Gasteiger partial charge in [0.2, 0.25) is 0 Å². The molecule has 2 nitrogen and oxygen atoms in total. The Morgan fingerprint density at radius 3 is 2.55 bits per heavy atom. The van der Waals surface area contributed by atoms with Crippen LogP contribution in [0.3, 0.4) is 0 Å². The van der Waals surface area contributed by atoms with Gasteiger partial charge in [0.05, 0.1) is 5.97 Å². The van der Waals surface area contributed by atoms with Crippen LogP contribution in [-0.2, 0) is 4.79 Å². The molecule has 0 radical (unpaired) electrons. The Kier molecular flexibility index (Phi) is 2.47. The van der Waals surface area contributed by atoms with Crippen molar-refractivity contribution in [2.45, 2.75) is 19.3 Å². The predicted molar refractivity (Wildman–Crippen MR) is 33.9 cm³/mol. The van der Waals surface area contributed by atoms with E-state index in [0.717, 1.165) is 19.3 Å². The summed E-state index contributed by atoms with van der Waals surface area (Å²) in [6.07, 6.45) is 6.44. The summed E-state index contributed by atoms with van der Waals surface area (Å²) in [5, 5.41) is 10.6. The van der Waals surface area contributed by atoms with E-state index in [-0.39, 0.29) is 29.6 Å². The molecule has 0 spiro atoms. The summed E-state index contributed by atoms with van der Waals surface area (Å²) in [5.74, 6) is -0.360. The van der Waals surface area contributed by atoms with Crippen molar-refractivity contribution in [1.82, 2.24) is 0 Å². The first-order valence-electron chi connectivity index (χ1n) is 3.64. The Hall–Kier alpha value is 0.210. The van der Waals surface area contributed by atoms with Crippen LogP contribution in [0.4, 0.5) is 0 Å². The standard InChI is InChI=1S/C8H10O2.Na/c9-7(10)8-3-1-6(5-8)2-4-8;/h1,3,6H,2,4-5H2,(H,9,10);/q;+1/p-1. The molecule has 54 valence electrons. The van der Waals surface area contributed by atoms with Crippen molar-refractivity contribution in [3.8, 4) is 0 Å². The topological polar surface area (TPSA) is 40.1 Å². The Labute approximate surface area is 88.0 Å². The second kappa shape index (κ2) is 2.92. The second-order valence-electron chi connectivity index (χ2n) is 3.31. The van der Waals surface area contributed by atoms with Crippen molar-refractivity contribution in [1.29, 1.82) is 0 Å². The largest absolute Gasteiger partial charge is 1.00 e. The van der Waals surface area contributed by atoms with Gasteiger partial charge >= 0.3 is 29.6 Å². The summed E-state index contributed by atoms with van der Waals surface area (Å²) in [5.41, 5.74) is -0.565. The molecule has 2 aliphatic rings. The zero-order valence-corrected chi connectivity index (χ0v) is 8.67. The van der Waals surface area contributed by atoms with Gasteiger partial charge in [0, 0.05) is 5.41 Å². The number of hydrogen-bond donors (Lipinski definition) is 0. The van der Waals surface area contributed by atoms with Crippen LogP contribution in [0.25, 0.3) is 0 Å². The number of rotatable bonds is 1. The van der Waals surface area contributed by atoms with Crippen LogP contribution in [0.1, 0.15) is 19.3 Å². The molecular weight excluding hydrogens is 151 g/mol. The summed E-state index contributed by atoms with van der Waals surface area (Å²) < 4.78 is 0. The van der Waals surface area contributed by atoms with Crippen LogP contribution in [0.2, 0.25) is 0 Å². The molecule has 2 aliphatic carbocycles. The molecule has 0 aromatic carbocycles. The van der Waals surface area contributed by atoms with Crippen molar-refractivity contribution in [2.24, 2.45) is 11.3 Å². The SMILES string of the molecule is O=C([O-])C12C=CC(CC1)C2.[Na+]. The van der Waals surface area contributed by atoms with E-state index in [1.165, 1.54) is 0 Å². The fourth-order valence-corrected chi connectivity index (χ4v) is 2.00. The van der Waals surface area contributed by atoms with E-state index in [4.69, 9.17) is 0 Å². The molecule has 0 heterocycles. The molecule has 1 fully saturated rings. The number of fused-ring (bicyclic) bond motifs is 2. The molecule has 1 saturated carbocycles. The molecular formula is C8H9NaO2. The van der Waals surface area contributed by atoms with Crippen molar-refractivity contribution < 1.29 is 39.5 Å². The van der Waals surface area contributed by atoms with Crippen LogP contribution >= 0.6 is 0 Å². The normalized spacial score (nSPS) is 38.7. The van der Waals surface area contributed by atoms with E-state index in [9.17, 15) is 9.90 Å². The van der Waals surface area contributed by atoms with Crippen LogP contribution in [0.5, 0.6) is 0 Å². The minimum absolute atomic E-state index is 0. The van der Waals surface area contributed by atoms with E-state index < -0.39 is 11.4 Å². The van der Waals surface area contributed by atoms with Gasteiger partial charge in [-0.15, -0.1) is 0 Å². The third-order valence-electron chi connectivity index (χ3n) is 2.68. The third kappa shape index (κ3) is 1.28. The van der Waals surface area contributed by atoms with Gasteiger partial charge in [0.15, 0.2) is 0 Å². The summed E-state index contributed by atoms with van der Waals surface area (Å²) in [4.78, 5) is 10.6. The first-order chi connectivity index (χ1) is 4.73. The number of carbonyl (C=O) groups excluding carboxylic acids is 1. The van der Waals surface area contributed by atoms with Crippen LogP contribution in [0.15, 0.2) is 12.2 Å². The molecule has 11 heavy (non-hydrogen) atoms. The molecule has 2 unspecified atom stereocenters. The maximum Gasteiger partial charge on any atom is 1.00 e. The minimum Gasteiger partial charge on any atom is -0.549 e. The average molecular weight is 160 g/mol. The van der Waals surface area contributed by atoms with E-state index in [1.807, 2.05) is 12.2 Å². The maximum absolute atomic E-state index is 10.6. The number of aliphatic carboxylic acids is 1. The Morgan fingerprint density at radius 1 is 1.64 bits per heavy atom. The van der Waals surface area contributed by atoms with Gasteiger partial charge in [0.25, 0.3) is 0 Å². The minimum atomic E-state index is -0.885. The van der Waals surface area contributed by atoms with Gasteiger partial charge in [-0.2, -0.15) is 0 Å². The summed E-state index contributed by atoms with van der Waals surface area (Å²) in [6, 6.07) is 0. The summed E-state index contributed by atoms with van der Waals surface area (Å²) in [6.45, 7) is 0. The maximum atomic E-state index is 10.6. The van der Waals surface area contributed by atoms with Crippen molar-refractivity contribution in [3.63, 3.8) is 0 Å². The monoisotopic (exact) mass is 160 g/mol. The molecule has 0 aliphatic heterocycles. The first kappa shape index (κ1) is 9.30. The Bertz CT molecular complexity index is 212. The second-order valence-corrected chi connectivity index (χ2v) is 3.31. The molecule has 0 saturated heterocycles. The number of carboxylic acids is 1. The van der Waals surface area contributed by atoms with Gasteiger partial charge in [0.1, 0.15) is 0 Å². The fourth-order valence-electron chi connectivity index (χ4n) is 2.00. The van der Waals surface area contributed by atoms with Crippen LogP contribution in [-0.4, -0.2) is 5.97 Å². The van der Waals surface area contributed by atoms with E-state index in [2.05, 4.69) is 0 Å². The van der Waals surface area contributed by atoms with Gasteiger partial charge in [-0.25, -0.2) is 0 Å². The predicted octanol–water partition coefficient (Wildman–Crippen LogP) is -2.90. The van der Waals surface area contributed by atoms with Gasteiger partial charge in [-0.05, 0) is 25.2 Å². The summed E-state index contributed by atoms with van der Waals surface area (Å²) in [7, 11) is 0. The molecule has 2 bridgehead atoms. The molecule has 2 rings (SSSR count). The number of carbonyl (C=O) groups is 1. The quantitative estimate of drug-likeness (QED) is 0.305. The van der Waals surface area contributed by atoms with Crippen LogP contribution in [0, 0.1) is 11.3 Å². The van der Waals surface area contributed by atoms with Gasteiger partial charge in [-0.1, -0.05) is 12.2 Å². The molecule has 2 atom stereocenters. The average Bonchev–Trinajstić information content (AvgIpc) is 2.45. The zero-order chi connectivity index (χ0) is 7.19. The number of allylic oxidation sites excluding steroid dienone is 1. The molecule has 0 N–H and O–H groups in total. The zero-order valence-electron chi connectivity index (χ0n) is 6.67. The Balaban J connectivity index is 0.000000605. The van der Waals surface area contributed by atoms with E-state index in [1.54, 1.807) is 0 Å². The number of carboxylic acid groups (broad SMARTS) is 1. The smallest absolute Gasteiger partial charge is 0.549 e. The summed E-state index contributed by atoms with van der Waals surface area (Å²) >= 11 is 0. The Morgan fingerprint density at radius 2 is 2.36 bits per heavy atom. The number of hydrogen-bond acceptors (Lipinski definition) is 2. The molecule has 0 aromatic rings. The van der Waals surface area contributed by atoms with E-state index >= 15 is 0 Å². The fraction of sp³-hybridized carbons (Fsp3) is 0.625. The van der Waals surface area contributed by atoms with Crippen molar-refractivity contribution >= 4 is 5.97 Å². The molecule has 0 amide bonds. The molecule has 0 aromatic heterocycles. The van der Waals surface area contributed by atoms with Gasteiger partial charge in [-0.3, -0.25) is 0 Å². The van der Waals surface area contributed by atoms with Crippen LogP contribution < -0.4 is 34.7 Å². The first-order valence-corrected chi connectivity index (χ1v) is 3.64. The third-order valence-corrected chi connectivity index (χ3v) is 2.68. The molecule has 3 heteroatoms. The van der Waals surface area contributed by atoms with Crippen molar-refractivity contribution in [2.75, 3.05) is 0 Å². The van der Waals surface area contributed by atoms with E-state index in [0.29, 0.717) is 5.92 Å². The van der Waals surface area contributed by atoms with Crippen molar-refractivity contribution in [3.05, 3.63) is 12.2 Å².